The molecule has 6 nitrogen and oxygen atoms in total. The predicted molar refractivity (Wildman–Crippen MR) is 68.1 cm³/mol. The molecule has 0 unspecified atom stereocenters. The van der Waals surface area contributed by atoms with Crippen molar-refractivity contribution in [2.75, 3.05) is 16.9 Å². The summed E-state index contributed by atoms with van der Waals surface area (Å²) in [4.78, 5) is 10.4. The molecule has 2 rings (SSSR count). The van der Waals surface area contributed by atoms with E-state index in [0.29, 0.717) is 24.8 Å². The van der Waals surface area contributed by atoms with E-state index in [1.807, 2.05) is 0 Å². The first-order valence-corrected chi connectivity index (χ1v) is 6.18. The second-order valence-corrected chi connectivity index (χ2v) is 4.63. The molecule has 3 N–H and O–H groups in total. The van der Waals surface area contributed by atoms with Crippen molar-refractivity contribution in [2.45, 2.75) is 25.3 Å². The van der Waals surface area contributed by atoms with Gasteiger partial charge in [-0.2, -0.15) is 5.26 Å². The average Bonchev–Trinajstić information content (AvgIpc) is 3.16. The van der Waals surface area contributed by atoms with Gasteiger partial charge in [0.05, 0.1) is 12.5 Å². The molecule has 7 heteroatoms. The Morgan fingerprint density at radius 1 is 1.59 bits per heavy atom. The first kappa shape index (κ1) is 12.1. The summed E-state index contributed by atoms with van der Waals surface area (Å²) in [6, 6.07) is 2.64. The molecule has 1 fully saturated rings. The zero-order valence-corrected chi connectivity index (χ0v) is 10.8. The Bertz CT molecular complexity index is 439. The number of hydrogen-bond acceptors (Lipinski definition) is 6. The lowest BCUT2D eigenvalue weighted by Crippen LogP contribution is -2.28. The summed E-state index contributed by atoms with van der Waals surface area (Å²) in [5.74, 6) is 6.72. The maximum Gasteiger partial charge on any atom is 0.159 e. The van der Waals surface area contributed by atoms with E-state index in [9.17, 15) is 0 Å². The van der Waals surface area contributed by atoms with Crippen LogP contribution in [0.15, 0.2) is 10.8 Å². The van der Waals surface area contributed by atoms with Gasteiger partial charge in [-0.05, 0) is 28.8 Å². The third-order valence-electron chi connectivity index (χ3n) is 2.63. The van der Waals surface area contributed by atoms with Gasteiger partial charge in [-0.15, -0.1) is 0 Å². The smallest absolute Gasteiger partial charge is 0.159 e. The van der Waals surface area contributed by atoms with Crippen LogP contribution >= 0.6 is 15.9 Å². The number of nitriles is 1. The number of nitrogens with zero attached hydrogens (tertiary/aromatic N) is 4. The quantitative estimate of drug-likeness (QED) is 0.630. The molecule has 1 aromatic rings. The number of hydrogen-bond donors (Lipinski definition) is 2. The number of nitrogens with one attached hydrogen (secondary N) is 1. The molecule has 1 heterocycles. The van der Waals surface area contributed by atoms with Crippen LogP contribution in [0.5, 0.6) is 0 Å². The number of anilines is 2. The van der Waals surface area contributed by atoms with Gasteiger partial charge in [-0.1, -0.05) is 0 Å². The van der Waals surface area contributed by atoms with Crippen LogP contribution in [-0.2, 0) is 0 Å². The summed E-state index contributed by atoms with van der Waals surface area (Å²) < 4.78 is 0.743. The molecule has 0 radical (unpaired) electrons. The normalized spacial score (nSPS) is 14.2. The summed E-state index contributed by atoms with van der Waals surface area (Å²) in [5, 5.41) is 8.68. The Morgan fingerprint density at radius 3 is 2.94 bits per heavy atom. The number of hydrazine groups is 1. The third kappa shape index (κ3) is 2.65. The van der Waals surface area contributed by atoms with E-state index in [1.165, 1.54) is 6.33 Å². The van der Waals surface area contributed by atoms with Gasteiger partial charge in [-0.3, -0.25) is 0 Å². The Kier molecular flexibility index (Phi) is 3.76. The molecule has 0 atom stereocenters. The number of nitrogens with two attached hydrogens (primary N) is 1. The molecule has 0 amide bonds. The molecule has 0 aromatic carbocycles. The topological polar surface area (TPSA) is 90.9 Å². The van der Waals surface area contributed by atoms with Gasteiger partial charge in [0.2, 0.25) is 0 Å². The zero-order valence-electron chi connectivity index (χ0n) is 9.23. The van der Waals surface area contributed by atoms with Gasteiger partial charge in [0.1, 0.15) is 16.6 Å². The molecule has 1 aliphatic rings. The minimum absolute atomic E-state index is 0.484. The molecular weight excluding hydrogens is 284 g/mol. The summed E-state index contributed by atoms with van der Waals surface area (Å²) in [6.07, 6.45) is 4.25. The predicted octanol–water partition coefficient (Wildman–Crippen LogP) is 1.41. The summed E-state index contributed by atoms with van der Waals surface area (Å²) in [7, 11) is 0. The van der Waals surface area contributed by atoms with Crippen molar-refractivity contribution in [3.63, 3.8) is 0 Å². The minimum Gasteiger partial charge on any atom is -0.351 e. The lowest BCUT2D eigenvalue weighted by Gasteiger charge is -2.23. The third-order valence-corrected chi connectivity index (χ3v) is 3.36. The van der Waals surface area contributed by atoms with Crippen molar-refractivity contribution in [1.82, 2.24) is 9.97 Å². The van der Waals surface area contributed by atoms with E-state index in [1.54, 1.807) is 0 Å². The highest BCUT2D eigenvalue weighted by Crippen LogP contribution is 2.36. The van der Waals surface area contributed by atoms with Crippen LogP contribution in [0.25, 0.3) is 0 Å². The van der Waals surface area contributed by atoms with E-state index >= 15 is 0 Å². The van der Waals surface area contributed by atoms with E-state index < -0.39 is 0 Å². The molecule has 90 valence electrons. The number of aromatic nitrogens is 2. The Hall–Kier alpha value is -1.39. The Balaban J connectivity index is 2.26. The summed E-state index contributed by atoms with van der Waals surface area (Å²) >= 11 is 3.44. The first-order chi connectivity index (χ1) is 8.27. The minimum atomic E-state index is 0.484. The van der Waals surface area contributed by atoms with Gasteiger partial charge in [0.15, 0.2) is 5.82 Å². The number of rotatable bonds is 5. The Labute approximate surface area is 108 Å². The van der Waals surface area contributed by atoms with Crippen LogP contribution in [0.4, 0.5) is 11.6 Å². The van der Waals surface area contributed by atoms with Gasteiger partial charge in [0, 0.05) is 12.6 Å². The summed E-state index contributed by atoms with van der Waals surface area (Å²) in [5.41, 5.74) is 2.52. The van der Waals surface area contributed by atoms with E-state index in [4.69, 9.17) is 11.1 Å². The molecular formula is C10H13BrN6. The van der Waals surface area contributed by atoms with Gasteiger partial charge < -0.3 is 10.3 Å². The highest BCUT2D eigenvalue weighted by atomic mass is 79.9. The maximum absolute atomic E-state index is 8.68. The van der Waals surface area contributed by atoms with E-state index in [-0.39, 0.29) is 0 Å². The molecule has 0 aliphatic heterocycles. The van der Waals surface area contributed by atoms with Crippen LogP contribution in [0.3, 0.4) is 0 Å². The molecule has 0 saturated heterocycles. The van der Waals surface area contributed by atoms with Crippen molar-refractivity contribution >= 4 is 27.6 Å². The van der Waals surface area contributed by atoms with E-state index in [0.717, 1.165) is 23.1 Å². The average molecular weight is 297 g/mol. The van der Waals surface area contributed by atoms with Gasteiger partial charge >= 0.3 is 0 Å². The standard InChI is InChI=1S/C10H13BrN6/c11-8-9(16-13)14-6-15-10(8)17(5-1-4-12)7-2-3-7/h6-7H,1-3,5,13H2,(H,14,15,16). The maximum atomic E-state index is 8.68. The monoisotopic (exact) mass is 296 g/mol. The molecule has 1 aliphatic carbocycles. The zero-order chi connectivity index (χ0) is 12.3. The van der Waals surface area contributed by atoms with Crippen LogP contribution < -0.4 is 16.2 Å². The SMILES string of the molecule is N#CCCN(c1ncnc(NN)c1Br)C1CC1. The van der Waals surface area contributed by atoms with Crippen LogP contribution in [0.1, 0.15) is 19.3 Å². The molecule has 0 bridgehead atoms. The molecule has 1 saturated carbocycles. The second kappa shape index (κ2) is 5.29. The number of nitrogen functional groups attached to an aromatic ring is 1. The van der Waals surface area contributed by atoms with Gasteiger partial charge in [-0.25, -0.2) is 15.8 Å². The molecule has 17 heavy (non-hydrogen) atoms. The van der Waals surface area contributed by atoms with Crippen LogP contribution in [0, 0.1) is 11.3 Å². The van der Waals surface area contributed by atoms with Gasteiger partial charge in [0.25, 0.3) is 0 Å². The molecule has 1 aromatic heterocycles. The molecule has 0 spiro atoms. The fourth-order valence-corrected chi connectivity index (χ4v) is 2.23. The fourth-order valence-electron chi connectivity index (χ4n) is 1.68. The van der Waals surface area contributed by atoms with Crippen molar-refractivity contribution in [2.24, 2.45) is 5.84 Å². The largest absolute Gasteiger partial charge is 0.351 e. The highest BCUT2D eigenvalue weighted by molar-refractivity contribution is 9.10. The van der Waals surface area contributed by atoms with Crippen molar-refractivity contribution < 1.29 is 0 Å². The number of halogens is 1. The fraction of sp³-hybridized carbons (Fsp3) is 0.500. The highest BCUT2D eigenvalue weighted by Gasteiger charge is 2.31. The van der Waals surface area contributed by atoms with Crippen LogP contribution in [-0.4, -0.2) is 22.6 Å². The lowest BCUT2D eigenvalue weighted by molar-refractivity contribution is 0.773. The summed E-state index contributed by atoms with van der Waals surface area (Å²) in [6.45, 7) is 0.681. The van der Waals surface area contributed by atoms with Crippen molar-refractivity contribution in [1.29, 1.82) is 5.26 Å². The Morgan fingerprint density at radius 2 is 2.35 bits per heavy atom. The van der Waals surface area contributed by atoms with Crippen molar-refractivity contribution in [3.8, 4) is 6.07 Å². The van der Waals surface area contributed by atoms with E-state index in [2.05, 4.69) is 42.3 Å². The van der Waals surface area contributed by atoms with Crippen molar-refractivity contribution in [3.05, 3.63) is 10.8 Å². The first-order valence-electron chi connectivity index (χ1n) is 5.38. The second-order valence-electron chi connectivity index (χ2n) is 3.84. The van der Waals surface area contributed by atoms with Crippen LogP contribution in [0.2, 0.25) is 0 Å². The lowest BCUT2D eigenvalue weighted by atomic mass is 10.3.